The fourth-order valence-electron chi connectivity index (χ4n) is 3.58. The van der Waals surface area contributed by atoms with Crippen LogP contribution in [-0.2, 0) is 14.8 Å². The van der Waals surface area contributed by atoms with Gasteiger partial charge in [0.05, 0.1) is 10.8 Å². The molecule has 0 spiro atoms. The van der Waals surface area contributed by atoms with Crippen molar-refractivity contribution in [2.45, 2.75) is 31.6 Å². The lowest BCUT2D eigenvalue weighted by Crippen LogP contribution is -2.30. The third kappa shape index (κ3) is 4.50. The molecule has 8 heteroatoms. The van der Waals surface area contributed by atoms with Crippen LogP contribution >= 0.6 is 0 Å². The van der Waals surface area contributed by atoms with Gasteiger partial charge in [-0.2, -0.15) is 0 Å². The highest BCUT2D eigenvalue weighted by Gasteiger charge is 2.46. The summed E-state index contributed by atoms with van der Waals surface area (Å²) in [5, 5.41) is 9.43. The monoisotopic (exact) mass is 394 g/mol. The Balaban J connectivity index is 1.70. The molecule has 0 bridgehead atoms. The van der Waals surface area contributed by atoms with Gasteiger partial charge >= 0.3 is 5.97 Å². The van der Waals surface area contributed by atoms with E-state index in [9.17, 15) is 23.1 Å². The molecule has 2 atom stereocenters. The van der Waals surface area contributed by atoms with Crippen LogP contribution in [0.3, 0.4) is 0 Å². The normalized spacial score (nSPS) is 23.0. The van der Waals surface area contributed by atoms with Crippen LogP contribution in [0.25, 0.3) is 0 Å². The number of rotatable bonds is 7. The van der Waals surface area contributed by atoms with Crippen LogP contribution < -0.4 is 4.72 Å². The van der Waals surface area contributed by atoms with E-state index in [-0.39, 0.29) is 29.2 Å². The van der Waals surface area contributed by atoms with E-state index >= 15 is 0 Å². The topological polar surface area (TPSA) is 104 Å². The van der Waals surface area contributed by atoms with Gasteiger partial charge in [0.25, 0.3) is 5.91 Å². The summed E-state index contributed by atoms with van der Waals surface area (Å²) in [6.45, 7) is 4.84. The lowest BCUT2D eigenvalue weighted by atomic mass is 9.92. The molecule has 2 aliphatic rings. The number of nitrogens with one attached hydrogen (secondary N) is 1. The van der Waals surface area contributed by atoms with Crippen molar-refractivity contribution in [2.24, 2.45) is 23.7 Å². The van der Waals surface area contributed by atoms with Crippen LogP contribution in [0.5, 0.6) is 0 Å². The molecule has 0 unspecified atom stereocenters. The second-order valence-electron chi connectivity index (χ2n) is 7.93. The van der Waals surface area contributed by atoms with E-state index in [4.69, 9.17) is 0 Å². The van der Waals surface area contributed by atoms with Crippen molar-refractivity contribution in [3.63, 3.8) is 0 Å². The number of carboxylic acids is 1. The van der Waals surface area contributed by atoms with Crippen molar-refractivity contribution >= 4 is 21.9 Å². The summed E-state index contributed by atoms with van der Waals surface area (Å²) in [4.78, 5) is 25.9. The van der Waals surface area contributed by atoms with Gasteiger partial charge in [-0.05, 0) is 54.9 Å². The zero-order valence-electron chi connectivity index (χ0n) is 15.6. The zero-order chi connectivity index (χ0) is 19.8. The second kappa shape index (κ2) is 7.59. The average molecular weight is 394 g/mol. The molecule has 1 amide bonds. The Hall–Kier alpha value is -1.93. The van der Waals surface area contributed by atoms with Crippen molar-refractivity contribution in [1.82, 2.24) is 9.62 Å². The highest BCUT2D eigenvalue weighted by molar-refractivity contribution is 7.89. The Morgan fingerprint density at radius 2 is 1.81 bits per heavy atom. The molecule has 3 rings (SSSR count). The molecule has 148 valence electrons. The van der Waals surface area contributed by atoms with E-state index < -0.39 is 21.9 Å². The number of carbonyl (C=O) groups excluding carboxylic acids is 1. The minimum atomic E-state index is -3.60. The molecule has 1 aromatic carbocycles. The Bertz CT molecular complexity index is 815. The molecule has 27 heavy (non-hydrogen) atoms. The van der Waals surface area contributed by atoms with Gasteiger partial charge < -0.3 is 10.0 Å². The molecule has 1 saturated heterocycles. The first-order chi connectivity index (χ1) is 12.7. The number of sulfonamides is 1. The van der Waals surface area contributed by atoms with Gasteiger partial charge in [-0.3, -0.25) is 9.59 Å². The molecule has 1 heterocycles. The van der Waals surface area contributed by atoms with Gasteiger partial charge in [0.1, 0.15) is 0 Å². The first-order valence-corrected chi connectivity index (χ1v) is 10.8. The number of carbonyl (C=O) groups is 2. The van der Waals surface area contributed by atoms with Gasteiger partial charge in [0, 0.05) is 25.2 Å². The quantitative estimate of drug-likeness (QED) is 0.734. The summed E-state index contributed by atoms with van der Waals surface area (Å²) in [5.74, 6) is -0.989. The van der Waals surface area contributed by atoms with Gasteiger partial charge in [-0.15, -0.1) is 0 Å². The predicted octanol–water partition coefficient (Wildman–Crippen LogP) is 1.80. The maximum absolute atomic E-state index is 12.7. The molecule has 7 nitrogen and oxygen atoms in total. The molecule has 0 aromatic heterocycles. The van der Waals surface area contributed by atoms with E-state index in [0.29, 0.717) is 24.6 Å². The fourth-order valence-corrected chi connectivity index (χ4v) is 4.79. The maximum Gasteiger partial charge on any atom is 0.308 e. The van der Waals surface area contributed by atoms with Crippen LogP contribution in [0, 0.1) is 23.7 Å². The van der Waals surface area contributed by atoms with Crippen LogP contribution in [0.15, 0.2) is 29.2 Å². The summed E-state index contributed by atoms with van der Waals surface area (Å²) < 4.78 is 27.0. The lowest BCUT2D eigenvalue weighted by molar-refractivity contribution is -0.142. The summed E-state index contributed by atoms with van der Waals surface area (Å²) in [5.41, 5.74) is 0.374. The maximum atomic E-state index is 12.7. The Morgan fingerprint density at radius 3 is 2.33 bits per heavy atom. The third-order valence-corrected chi connectivity index (χ3v) is 6.73. The van der Waals surface area contributed by atoms with Crippen molar-refractivity contribution in [3.8, 4) is 0 Å². The number of hydrogen-bond donors (Lipinski definition) is 2. The van der Waals surface area contributed by atoms with Crippen molar-refractivity contribution in [1.29, 1.82) is 0 Å². The fraction of sp³-hybridized carbons (Fsp3) is 0.579. The smallest absolute Gasteiger partial charge is 0.308 e. The van der Waals surface area contributed by atoms with E-state index in [2.05, 4.69) is 4.72 Å². The standard InChI is InChI=1S/C19H26N2O5S/c1-12(2)9-20-27(25,26)15-7-5-14(6-8-15)18(22)21-10-16(13-3-4-13)17(11-21)19(23)24/h5-8,12-13,16-17,20H,3-4,9-11H2,1-2H3,(H,23,24)/t16-,17+/m1/s1. The number of nitrogens with zero attached hydrogens (tertiary/aromatic N) is 1. The third-order valence-electron chi connectivity index (χ3n) is 5.29. The highest BCUT2D eigenvalue weighted by atomic mass is 32.2. The Morgan fingerprint density at radius 1 is 1.19 bits per heavy atom. The number of hydrogen-bond acceptors (Lipinski definition) is 4. The van der Waals surface area contributed by atoms with Crippen LogP contribution in [0.1, 0.15) is 37.0 Å². The first-order valence-electron chi connectivity index (χ1n) is 9.31. The zero-order valence-corrected chi connectivity index (χ0v) is 16.4. The van der Waals surface area contributed by atoms with Gasteiger partial charge in [0.2, 0.25) is 10.0 Å². The Kier molecular flexibility index (Phi) is 5.58. The van der Waals surface area contributed by atoms with E-state index in [0.717, 1.165) is 12.8 Å². The molecular formula is C19H26N2O5S. The number of carboxylic acid groups (broad SMARTS) is 1. The van der Waals surface area contributed by atoms with Gasteiger partial charge in [-0.1, -0.05) is 13.8 Å². The van der Waals surface area contributed by atoms with Gasteiger partial charge in [0.15, 0.2) is 0 Å². The SMILES string of the molecule is CC(C)CNS(=O)(=O)c1ccc(C(=O)N2C[C@H](C(=O)O)[C@@H](C3CC3)C2)cc1. The molecular weight excluding hydrogens is 368 g/mol. The molecule has 1 aromatic rings. The number of amides is 1. The van der Waals surface area contributed by atoms with E-state index in [1.54, 1.807) is 4.90 Å². The lowest BCUT2D eigenvalue weighted by Gasteiger charge is -2.16. The van der Waals surface area contributed by atoms with Crippen LogP contribution in [-0.4, -0.2) is 49.9 Å². The molecule has 1 saturated carbocycles. The molecule has 2 fully saturated rings. The number of aliphatic carboxylic acids is 1. The van der Waals surface area contributed by atoms with Crippen LogP contribution in [0.4, 0.5) is 0 Å². The first kappa shape index (κ1) is 19.8. The van der Waals surface area contributed by atoms with Crippen molar-refractivity contribution in [3.05, 3.63) is 29.8 Å². The van der Waals surface area contributed by atoms with E-state index in [1.165, 1.54) is 24.3 Å². The Labute approximate surface area is 159 Å². The van der Waals surface area contributed by atoms with Crippen LogP contribution in [0.2, 0.25) is 0 Å². The summed E-state index contributed by atoms with van der Waals surface area (Å²) in [6.07, 6.45) is 2.07. The highest BCUT2D eigenvalue weighted by Crippen LogP contribution is 2.44. The number of likely N-dealkylation sites (tertiary alicyclic amines) is 1. The molecule has 0 radical (unpaired) electrons. The largest absolute Gasteiger partial charge is 0.481 e. The average Bonchev–Trinajstić information content (AvgIpc) is 3.37. The minimum absolute atomic E-state index is 0.0198. The minimum Gasteiger partial charge on any atom is -0.481 e. The predicted molar refractivity (Wildman–Crippen MR) is 99.7 cm³/mol. The second-order valence-corrected chi connectivity index (χ2v) is 9.69. The van der Waals surface area contributed by atoms with Crippen molar-refractivity contribution < 1.29 is 23.1 Å². The summed E-state index contributed by atoms with van der Waals surface area (Å²) in [7, 11) is -3.60. The number of benzene rings is 1. The van der Waals surface area contributed by atoms with Gasteiger partial charge in [-0.25, -0.2) is 13.1 Å². The molecule has 2 N–H and O–H groups in total. The summed E-state index contributed by atoms with van der Waals surface area (Å²) >= 11 is 0. The summed E-state index contributed by atoms with van der Waals surface area (Å²) in [6, 6.07) is 5.82. The van der Waals surface area contributed by atoms with Crippen molar-refractivity contribution in [2.75, 3.05) is 19.6 Å². The van der Waals surface area contributed by atoms with E-state index in [1.807, 2.05) is 13.8 Å². The molecule has 1 aliphatic carbocycles. The molecule has 1 aliphatic heterocycles.